The van der Waals surface area contributed by atoms with Crippen LogP contribution in [-0.4, -0.2) is 26.7 Å². The van der Waals surface area contributed by atoms with Gasteiger partial charge in [0.2, 0.25) is 5.91 Å². The minimum Gasteiger partial charge on any atom is -0.494 e. The number of ether oxygens (including phenoxy) is 1. The molecule has 0 aliphatic carbocycles. The number of benzene rings is 2. The Kier molecular flexibility index (Phi) is 8.99. The summed E-state index contributed by atoms with van der Waals surface area (Å²) in [5.74, 6) is 0.168. The number of carbonyl (C=O) groups excluding carboxylic acids is 1. The van der Waals surface area contributed by atoms with Crippen LogP contribution in [0.2, 0.25) is 5.02 Å². The van der Waals surface area contributed by atoms with E-state index in [1.54, 1.807) is 24.3 Å². The smallest absolute Gasteiger partial charge is 0.221 e. The van der Waals surface area contributed by atoms with Crippen LogP contribution in [0.15, 0.2) is 48.5 Å². The Morgan fingerprint density at radius 3 is 2.55 bits per heavy atom. The Hall–Kier alpha value is -2.05. The highest BCUT2D eigenvalue weighted by atomic mass is 35.5. The normalized spacial score (nSPS) is 12.4. The van der Waals surface area contributed by atoms with Crippen molar-refractivity contribution >= 4 is 27.3 Å². The standard InChI is InChI=1S/C22H28ClNO4S/c1-3-4-13-28-21-10-8-19(9-11-21)17(2)24-22(25)12-14-29(26,27)16-18-6-5-7-20(23)15-18/h5-11,15,17H,3-4,12-14,16H2,1-2H3,(H,24,25)/t17-/m1/s1. The molecule has 2 aromatic carbocycles. The first-order chi connectivity index (χ1) is 13.8. The average Bonchev–Trinajstić information content (AvgIpc) is 2.67. The lowest BCUT2D eigenvalue weighted by molar-refractivity contribution is -0.121. The van der Waals surface area contributed by atoms with Crippen molar-refractivity contribution in [2.45, 2.75) is 44.9 Å². The minimum absolute atomic E-state index is 0.0779. The van der Waals surface area contributed by atoms with Crippen molar-refractivity contribution < 1.29 is 17.9 Å². The topological polar surface area (TPSA) is 72.5 Å². The summed E-state index contributed by atoms with van der Waals surface area (Å²) in [4.78, 5) is 12.2. The van der Waals surface area contributed by atoms with E-state index in [0.717, 1.165) is 24.2 Å². The molecule has 7 heteroatoms. The van der Waals surface area contributed by atoms with E-state index in [2.05, 4.69) is 12.2 Å². The van der Waals surface area contributed by atoms with Crippen molar-refractivity contribution in [2.75, 3.05) is 12.4 Å². The molecule has 158 valence electrons. The van der Waals surface area contributed by atoms with Gasteiger partial charge in [-0.05, 0) is 48.7 Å². The molecule has 29 heavy (non-hydrogen) atoms. The second-order valence-corrected chi connectivity index (χ2v) is 9.65. The maximum absolute atomic E-state index is 12.3. The lowest BCUT2D eigenvalue weighted by Gasteiger charge is -2.15. The van der Waals surface area contributed by atoms with Gasteiger partial charge < -0.3 is 10.1 Å². The molecule has 1 N–H and O–H groups in total. The fourth-order valence-corrected chi connectivity index (χ4v) is 4.33. The van der Waals surface area contributed by atoms with Crippen LogP contribution in [0.5, 0.6) is 5.75 Å². The van der Waals surface area contributed by atoms with Crippen molar-refractivity contribution in [3.63, 3.8) is 0 Å². The third-order valence-electron chi connectivity index (χ3n) is 4.44. The molecule has 0 spiro atoms. The molecule has 0 fully saturated rings. The molecule has 0 unspecified atom stereocenters. The van der Waals surface area contributed by atoms with Crippen molar-refractivity contribution in [3.8, 4) is 5.75 Å². The molecule has 5 nitrogen and oxygen atoms in total. The molecule has 0 aromatic heterocycles. The molecule has 0 saturated heterocycles. The molecule has 0 bridgehead atoms. The van der Waals surface area contributed by atoms with Gasteiger partial charge in [-0.3, -0.25) is 4.79 Å². The number of nitrogens with one attached hydrogen (secondary N) is 1. The van der Waals surface area contributed by atoms with Crippen LogP contribution in [0.1, 0.15) is 50.3 Å². The summed E-state index contributed by atoms with van der Waals surface area (Å²) < 4.78 is 30.2. The summed E-state index contributed by atoms with van der Waals surface area (Å²) in [6.45, 7) is 4.66. The van der Waals surface area contributed by atoms with Gasteiger partial charge in [0.05, 0.1) is 24.2 Å². The van der Waals surface area contributed by atoms with Gasteiger partial charge in [0.1, 0.15) is 5.75 Å². The van der Waals surface area contributed by atoms with E-state index >= 15 is 0 Å². The van der Waals surface area contributed by atoms with Gasteiger partial charge >= 0.3 is 0 Å². The fourth-order valence-electron chi connectivity index (χ4n) is 2.79. The van der Waals surface area contributed by atoms with E-state index < -0.39 is 9.84 Å². The zero-order valence-electron chi connectivity index (χ0n) is 16.9. The first-order valence-corrected chi connectivity index (χ1v) is 12.0. The number of carbonyl (C=O) groups is 1. The summed E-state index contributed by atoms with van der Waals surface area (Å²) in [5, 5.41) is 3.34. The van der Waals surface area contributed by atoms with Crippen LogP contribution in [0, 0.1) is 0 Å². The fraction of sp³-hybridized carbons (Fsp3) is 0.409. The monoisotopic (exact) mass is 437 g/mol. The van der Waals surface area contributed by atoms with E-state index in [1.807, 2.05) is 31.2 Å². The van der Waals surface area contributed by atoms with Gasteiger partial charge in [-0.1, -0.05) is 49.2 Å². The summed E-state index contributed by atoms with van der Waals surface area (Å²) >= 11 is 5.89. The van der Waals surface area contributed by atoms with Gasteiger partial charge in [0, 0.05) is 11.4 Å². The lowest BCUT2D eigenvalue weighted by Crippen LogP contribution is -2.28. The first kappa shape index (κ1) is 23.2. The second kappa shape index (κ2) is 11.2. The van der Waals surface area contributed by atoms with Gasteiger partial charge in [0.15, 0.2) is 9.84 Å². The molecule has 0 radical (unpaired) electrons. The molecule has 2 rings (SSSR count). The van der Waals surface area contributed by atoms with Crippen molar-refractivity contribution in [1.82, 2.24) is 5.32 Å². The largest absolute Gasteiger partial charge is 0.494 e. The molecule has 2 aromatic rings. The van der Waals surface area contributed by atoms with Crippen molar-refractivity contribution in [2.24, 2.45) is 0 Å². The maximum atomic E-state index is 12.3. The summed E-state index contributed by atoms with van der Waals surface area (Å²) in [5.41, 5.74) is 1.55. The molecule has 0 aliphatic rings. The minimum atomic E-state index is -3.40. The number of rotatable bonds is 11. The van der Waals surface area contributed by atoms with E-state index in [-0.39, 0.29) is 29.9 Å². The summed E-state index contributed by atoms with van der Waals surface area (Å²) in [6, 6.07) is 14.1. The number of amides is 1. The highest BCUT2D eigenvalue weighted by Crippen LogP contribution is 2.18. The average molecular weight is 438 g/mol. The molecule has 0 saturated carbocycles. The molecule has 0 aliphatic heterocycles. The third kappa shape index (κ3) is 8.46. The molecule has 1 amide bonds. The zero-order chi connectivity index (χ0) is 21.3. The molecular formula is C22H28ClNO4S. The summed E-state index contributed by atoms with van der Waals surface area (Å²) in [6.07, 6.45) is 2.01. The third-order valence-corrected chi connectivity index (χ3v) is 6.27. The molecule has 0 heterocycles. The number of sulfone groups is 1. The summed E-state index contributed by atoms with van der Waals surface area (Å²) in [7, 11) is -3.40. The van der Waals surface area contributed by atoms with Gasteiger partial charge in [-0.15, -0.1) is 0 Å². The SMILES string of the molecule is CCCCOc1ccc([C@@H](C)NC(=O)CCS(=O)(=O)Cc2cccc(Cl)c2)cc1. The number of hydrogen-bond acceptors (Lipinski definition) is 4. The van der Waals surface area contributed by atoms with Crippen molar-refractivity contribution in [1.29, 1.82) is 0 Å². The quantitative estimate of drug-likeness (QED) is 0.517. The van der Waals surface area contributed by atoms with Gasteiger partial charge in [-0.2, -0.15) is 0 Å². The maximum Gasteiger partial charge on any atom is 0.221 e. The van der Waals surface area contributed by atoms with Crippen LogP contribution < -0.4 is 10.1 Å². The van der Waals surface area contributed by atoms with E-state index in [0.29, 0.717) is 17.2 Å². The predicted molar refractivity (Wildman–Crippen MR) is 117 cm³/mol. The molecular weight excluding hydrogens is 410 g/mol. The Labute approximate surface area is 178 Å². The van der Waals surface area contributed by atoms with Gasteiger partial charge in [-0.25, -0.2) is 8.42 Å². The second-order valence-electron chi connectivity index (χ2n) is 7.03. The van der Waals surface area contributed by atoms with Crippen LogP contribution >= 0.6 is 11.6 Å². The predicted octanol–water partition coefficient (Wildman–Crippen LogP) is 4.70. The van der Waals surface area contributed by atoms with Crippen molar-refractivity contribution in [3.05, 3.63) is 64.7 Å². The van der Waals surface area contributed by atoms with Crippen LogP contribution in [0.3, 0.4) is 0 Å². The van der Waals surface area contributed by atoms with E-state index in [9.17, 15) is 13.2 Å². The number of unbranched alkanes of at least 4 members (excludes halogenated alkanes) is 1. The van der Waals surface area contributed by atoms with Crippen LogP contribution in [-0.2, 0) is 20.4 Å². The molecule has 1 atom stereocenters. The lowest BCUT2D eigenvalue weighted by atomic mass is 10.1. The van der Waals surface area contributed by atoms with Crippen LogP contribution in [0.25, 0.3) is 0 Å². The number of hydrogen-bond donors (Lipinski definition) is 1. The van der Waals surface area contributed by atoms with E-state index in [4.69, 9.17) is 16.3 Å². The number of halogens is 1. The van der Waals surface area contributed by atoms with Gasteiger partial charge in [0.25, 0.3) is 0 Å². The Balaban J connectivity index is 1.81. The highest BCUT2D eigenvalue weighted by molar-refractivity contribution is 7.90. The Bertz CT molecular complexity index is 897. The zero-order valence-corrected chi connectivity index (χ0v) is 18.4. The Morgan fingerprint density at radius 2 is 1.90 bits per heavy atom. The Morgan fingerprint density at radius 1 is 1.17 bits per heavy atom. The van der Waals surface area contributed by atoms with E-state index in [1.165, 1.54) is 0 Å². The highest BCUT2D eigenvalue weighted by Gasteiger charge is 2.16. The van der Waals surface area contributed by atoms with Crippen LogP contribution in [0.4, 0.5) is 0 Å². The first-order valence-electron chi connectivity index (χ1n) is 9.76.